The molecule has 2 aromatic heterocycles. The largest absolute Gasteiger partial charge is 0.370 e. The van der Waals surface area contributed by atoms with Crippen molar-refractivity contribution < 1.29 is 4.79 Å². The summed E-state index contributed by atoms with van der Waals surface area (Å²) >= 11 is 0. The lowest BCUT2D eigenvalue weighted by Crippen LogP contribution is -2.28. The van der Waals surface area contributed by atoms with E-state index >= 15 is 0 Å². The second-order valence-electron chi connectivity index (χ2n) is 7.69. The highest BCUT2D eigenvalue weighted by molar-refractivity contribution is 5.86. The molecule has 2 N–H and O–H groups in total. The molecular formula is C22H26N4O. The maximum absolute atomic E-state index is 11.7. The van der Waals surface area contributed by atoms with Crippen molar-refractivity contribution >= 4 is 16.8 Å². The normalized spacial score (nSPS) is 15.6. The summed E-state index contributed by atoms with van der Waals surface area (Å²) in [5, 5.41) is 1.34. The van der Waals surface area contributed by atoms with Gasteiger partial charge in [0.2, 0.25) is 5.91 Å². The second kappa shape index (κ2) is 7.16. The third-order valence-corrected chi connectivity index (χ3v) is 5.63. The van der Waals surface area contributed by atoms with Gasteiger partial charge in [0.15, 0.2) is 0 Å². The number of primary amides is 1. The van der Waals surface area contributed by atoms with E-state index in [9.17, 15) is 4.79 Å². The molecule has 1 aromatic carbocycles. The number of hydrogen-bond acceptors (Lipinski definition) is 3. The van der Waals surface area contributed by atoms with Crippen molar-refractivity contribution in [3.05, 3.63) is 65.1 Å². The predicted octanol–water partition coefficient (Wildman–Crippen LogP) is 2.99. The number of benzene rings is 1. The molecule has 1 unspecified atom stereocenters. The number of likely N-dealkylation sites (N-methyl/N-ethyl adjacent to an activating group) is 1. The zero-order valence-corrected chi connectivity index (χ0v) is 16.0. The summed E-state index contributed by atoms with van der Waals surface area (Å²) < 4.78 is 2.42. The molecule has 0 fully saturated rings. The van der Waals surface area contributed by atoms with Crippen LogP contribution < -0.4 is 5.73 Å². The maximum Gasteiger partial charge on any atom is 0.218 e. The Morgan fingerprint density at radius 2 is 2.04 bits per heavy atom. The van der Waals surface area contributed by atoms with Crippen molar-refractivity contribution in [1.29, 1.82) is 0 Å². The maximum atomic E-state index is 11.7. The number of rotatable bonds is 5. The molecule has 4 rings (SSSR count). The highest BCUT2D eigenvalue weighted by Gasteiger charge is 2.25. The second-order valence-corrected chi connectivity index (χ2v) is 7.69. The van der Waals surface area contributed by atoms with Gasteiger partial charge in [-0.05, 0) is 49.4 Å². The number of nitrogens with two attached hydrogens (primary N) is 1. The fourth-order valence-electron chi connectivity index (χ4n) is 4.29. The third-order valence-electron chi connectivity index (χ3n) is 5.63. The molecule has 27 heavy (non-hydrogen) atoms. The Morgan fingerprint density at radius 3 is 2.78 bits per heavy atom. The average molecular weight is 362 g/mol. The van der Waals surface area contributed by atoms with E-state index in [0.29, 0.717) is 6.42 Å². The first-order chi connectivity index (χ1) is 13.0. The molecule has 0 saturated carbocycles. The van der Waals surface area contributed by atoms with Crippen molar-refractivity contribution in [1.82, 2.24) is 14.5 Å². The van der Waals surface area contributed by atoms with Crippen LogP contribution in [-0.2, 0) is 24.3 Å². The lowest BCUT2D eigenvalue weighted by Gasteiger charge is -2.25. The highest BCUT2D eigenvalue weighted by atomic mass is 16.1. The minimum atomic E-state index is -0.266. The van der Waals surface area contributed by atoms with E-state index in [2.05, 4.69) is 46.6 Å². The Balaban J connectivity index is 1.81. The van der Waals surface area contributed by atoms with Crippen LogP contribution in [0.25, 0.3) is 10.9 Å². The molecular weight excluding hydrogens is 336 g/mol. The van der Waals surface area contributed by atoms with Gasteiger partial charge < -0.3 is 15.2 Å². The van der Waals surface area contributed by atoms with Crippen LogP contribution in [0.3, 0.4) is 0 Å². The van der Waals surface area contributed by atoms with Crippen molar-refractivity contribution in [2.24, 2.45) is 5.73 Å². The Bertz CT molecular complexity index is 977. The molecule has 0 bridgehead atoms. The number of nitrogens with zero attached hydrogens (tertiary/aromatic N) is 3. The van der Waals surface area contributed by atoms with E-state index < -0.39 is 0 Å². The standard InChI is InChI=1S/C22H26N4O/c1-15-3-4-20-18(11-15)19-14-25(2)10-7-21(19)26(20)13-17(12-22(23)27)16-5-8-24-9-6-16/h3-6,8-9,11,17H,7,10,12-14H2,1-2H3,(H2,23,27). The van der Waals surface area contributed by atoms with Gasteiger partial charge in [-0.1, -0.05) is 11.6 Å². The Kier molecular flexibility index (Phi) is 4.70. The summed E-state index contributed by atoms with van der Waals surface area (Å²) in [6, 6.07) is 10.7. The molecule has 1 aliphatic heterocycles. The molecule has 0 aliphatic carbocycles. The van der Waals surface area contributed by atoms with Crippen LogP contribution in [0.5, 0.6) is 0 Å². The van der Waals surface area contributed by atoms with Crippen LogP contribution in [0.1, 0.15) is 34.7 Å². The lowest BCUT2D eigenvalue weighted by molar-refractivity contribution is -0.118. The summed E-state index contributed by atoms with van der Waals surface area (Å²) in [6.07, 6.45) is 4.93. The molecule has 1 aliphatic rings. The van der Waals surface area contributed by atoms with Crippen molar-refractivity contribution in [3.63, 3.8) is 0 Å². The molecule has 5 nitrogen and oxygen atoms in total. The van der Waals surface area contributed by atoms with E-state index in [1.54, 1.807) is 12.4 Å². The van der Waals surface area contributed by atoms with Crippen LogP contribution in [0.4, 0.5) is 0 Å². The molecule has 3 heterocycles. The van der Waals surface area contributed by atoms with E-state index in [0.717, 1.165) is 31.6 Å². The monoisotopic (exact) mass is 362 g/mol. The van der Waals surface area contributed by atoms with E-state index in [-0.39, 0.29) is 11.8 Å². The molecule has 0 spiro atoms. The van der Waals surface area contributed by atoms with Crippen LogP contribution in [-0.4, -0.2) is 34.0 Å². The Hall–Kier alpha value is -2.66. The molecule has 0 saturated heterocycles. The van der Waals surface area contributed by atoms with Gasteiger partial charge in [-0.2, -0.15) is 0 Å². The molecule has 0 radical (unpaired) electrons. The zero-order chi connectivity index (χ0) is 19.0. The first-order valence-corrected chi connectivity index (χ1v) is 9.50. The van der Waals surface area contributed by atoms with E-state index in [4.69, 9.17) is 5.73 Å². The molecule has 3 aromatic rings. The number of fused-ring (bicyclic) bond motifs is 3. The summed E-state index contributed by atoms with van der Waals surface area (Å²) in [5.41, 5.74) is 12.0. The minimum absolute atomic E-state index is 0.0474. The first kappa shape index (κ1) is 17.7. The molecule has 5 heteroatoms. The van der Waals surface area contributed by atoms with Gasteiger partial charge in [-0.25, -0.2) is 0 Å². The summed E-state index contributed by atoms with van der Waals surface area (Å²) in [5.74, 6) is -0.219. The number of amides is 1. The fourth-order valence-corrected chi connectivity index (χ4v) is 4.29. The van der Waals surface area contributed by atoms with Gasteiger partial charge >= 0.3 is 0 Å². The van der Waals surface area contributed by atoms with Crippen LogP contribution in [0, 0.1) is 6.92 Å². The minimum Gasteiger partial charge on any atom is -0.370 e. The van der Waals surface area contributed by atoms with Crippen LogP contribution >= 0.6 is 0 Å². The van der Waals surface area contributed by atoms with Crippen molar-refractivity contribution in [2.45, 2.75) is 38.8 Å². The van der Waals surface area contributed by atoms with Crippen LogP contribution in [0.2, 0.25) is 0 Å². The van der Waals surface area contributed by atoms with Crippen molar-refractivity contribution in [2.75, 3.05) is 13.6 Å². The highest BCUT2D eigenvalue weighted by Crippen LogP contribution is 2.33. The summed E-state index contributed by atoms with van der Waals surface area (Å²) in [6.45, 7) is 4.92. The third kappa shape index (κ3) is 3.47. The number of aromatic nitrogens is 2. The van der Waals surface area contributed by atoms with Crippen LogP contribution in [0.15, 0.2) is 42.7 Å². The number of pyridine rings is 1. The van der Waals surface area contributed by atoms with E-state index in [1.165, 1.54) is 27.7 Å². The van der Waals surface area contributed by atoms with E-state index in [1.807, 2.05) is 12.1 Å². The molecule has 1 amide bonds. The SMILES string of the molecule is Cc1ccc2c(c1)c1c(n2CC(CC(N)=O)c2ccncc2)CCN(C)C1. The van der Waals surface area contributed by atoms with Gasteiger partial charge in [-0.3, -0.25) is 9.78 Å². The average Bonchev–Trinajstić information content (AvgIpc) is 2.94. The van der Waals surface area contributed by atoms with Gasteiger partial charge in [0.25, 0.3) is 0 Å². The first-order valence-electron chi connectivity index (χ1n) is 9.50. The molecule has 140 valence electrons. The summed E-state index contributed by atoms with van der Waals surface area (Å²) in [4.78, 5) is 18.2. The Labute approximate surface area is 159 Å². The number of carbonyl (C=O) groups excluding carboxylic acids is 1. The van der Waals surface area contributed by atoms with Gasteiger partial charge in [0, 0.05) is 67.4 Å². The predicted molar refractivity (Wildman–Crippen MR) is 108 cm³/mol. The van der Waals surface area contributed by atoms with Gasteiger partial charge in [0.05, 0.1) is 0 Å². The van der Waals surface area contributed by atoms with Gasteiger partial charge in [0.1, 0.15) is 0 Å². The summed E-state index contributed by atoms with van der Waals surface area (Å²) in [7, 11) is 2.18. The quantitative estimate of drug-likeness (QED) is 0.759. The number of aryl methyl sites for hydroxylation is 1. The molecule has 1 atom stereocenters. The van der Waals surface area contributed by atoms with Crippen molar-refractivity contribution in [3.8, 4) is 0 Å². The topological polar surface area (TPSA) is 64.1 Å². The lowest BCUT2D eigenvalue weighted by atomic mass is 9.96. The smallest absolute Gasteiger partial charge is 0.218 e. The Morgan fingerprint density at radius 1 is 1.26 bits per heavy atom. The number of carbonyl (C=O) groups is 1. The number of hydrogen-bond donors (Lipinski definition) is 1. The zero-order valence-electron chi connectivity index (χ0n) is 16.0. The van der Waals surface area contributed by atoms with Gasteiger partial charge in [-0.15, -0.1) is 0 Å². The fraction of sp³-hybridized carbons (Fsp3) is 0.364.